The molecule has 0 spiro atoms. The molecule has 0 saturated carbocycles. The van der Waals surface area contributed by atoms with E-state index in [0.717, 1.165) is 23.3 Å². The summed E-state index contributed by atoms with van der Waals surface area (Å²) in [5, 5.41) is 2.02. The van der Waals surface area contributed by atoms with Gasteiger partial charge in [0, 0.05) is 13.1 Å². The maximum Gasteiger partial charge on any atom is 0.270 e. The summed E-state index contributed by atoms with van der Waals surface area (Å²) in [7, 11) is 0. The van der Waals surface area contributed by atoms with Gasteiger partial charge in [-0.3, -0.25) is 4.79 Å². The van der Waals surface area contributed by atoms with Gasteiger partial charge >= 0.3 is 0 Å². The molecule has 0 bridgehead atoms. The molecule has 2 aromatic rings. The highest BCUT2D eigenvalue weighted by atomic mass is 32.1. The van der Waals surface area contributed by atoms with Crippen molar-refractivity contribution in [3.05, 3.63) is 23.2 Å². The molecule has 2 heterocycles. The molecule has 0 aliphatic rings. The summed E-state index contributed by atoms with van der Waals surface area (Å²) in [6.45, 7) is 5.49. The maximum absolute atomic E-state index is 12.0. The Hall–Kier alpha value is -1.29. The van der Waals surface area contributed by atoms with Gasteiger partial charge in [-0.05, 0) is 31.4 Å². The van der Waals surface area contributed by atoms with Crippen LogP contribution >= 0.6 is 11.3 Å². The van der Waals surface area contributed by atoms with E-state index in [9.17, 15) is 4.79 Å². The third-order valence-corrected chi connectivity index (χ3v) is 3.38. The second-order valence-corrected chi connectivity index (χ2v) is 4.31. The molecule has 80 valence electrons. The smallest absolute Gasteiger partial charge is 0.270 e. The van der Waals surface area contributed by atoms with Crippen molar-refractivity contribution >= 4 is 27.5 Å². The number of nitrogens with zero attached hydrogens (tertiary/aromatic N) is 1. The largest absolute Gasteiger partial charge is 0.350 e. The minimum atomic E-state index is 0.0865. The molecule has 0 radical (unpaired) electrons. The molecule has 0 saturated heterocycles. The van der Waals surface area contributed by atoms with Gasteiger partial charge in [0.15, 0.2) is 0 Å². The van der Waals surface area contributed by atoms with E-state index in [1.807, 2.05) is 36.3 Å². The summed E-state index contributed by atoms with van der Waals surface area (Å²) < 4.78 is 1.14. The third kappa shape index (κ3) is 1.77. The fourth-order valence-electron chi connectivity index (χ4n) is 1.64. The van der Waals surface area contributed by atoms with Crippen LogP contribution in [0, 0.1) is 0 Å². The Labute approximate surface area is 92.7 Å². The molecule has 15 heavy (non-hydrogen) atoms. The number of carbonyl (C=O) groups is 1. The van der Waals surface area contributed by atoms with Gasteiger partial charge in [0.05, 0.1) is 10.2 Å². The number of thiophene rings is 1. The van der Waals surface area contributed by atoms with Crippen molar-refractivity contribution < 1.29 is 4.79 Å². The van der Waals surface area contributed by atoms with E-state index in [1.165, 1.54) is 0 Å². The summed E-state index contributed by atoms with van der Waals surface area (Å²) in [5.41, 5.74) is 1.75. The molecule has 2 aromatic heterocycles. The van der Waals surface area contributed by atoms with Gasteiger partial charge in [0.25, 0.3) is 5.91 Å². The number of rotatable bonds is 3. The number of fused-ring (bicyclic) bond motifs is 1. The minimum absolute atomic E-state index is 0.0865. The molecule has 3 nitrogen and oxygen atoms in total. The summed E-state index contributed by atoms with van der Waals surface area (Å²) in [6.07, 6.45) is 0. The second-order valence-electron chi connectivity index (χ2n) is 3.36. The van der Waals surface area contributed by atoms with Gasteiger partial charge in [-0.1, -0.05) is 0 Å². The van der Waals surface area contributed by atoms with Gasteiger partial charge in [0.2, 0.25) is 0 Å². The standard InChI is InChI=1S/C11H14N2OS/c1-3-13(4-2)11(14)9-7-10-8(12-9)5-6-15-10/h5-7,12H,3-4H2,1-2H3. The summed E-state index contributed by atoms with van der Waals surface area (Å²) >= 11 is 1.65. The first kappa shape index (κ1) is 10.2. The number of aromatic nitrogens is 1. The fraction of sp³-hybridized carbons (Fsp3) is 0.364. The number of aromatic amines is 1. The lowest BCUT2D eigenvalue weighted by Crippen LogP contribution is -2.30. The van der Waals surface area contributed by atoms with E-state index in [2.05, 4.69) is 4.98 Å². The Morgan fingerprint density at radius 2 is 2.20 bits per heavy atom. The van der Waals surface area contributed by atoms with Crippen molar-refractivity contribution in [2.45, 2.75) is 13.8 Å². The lowest BCUT2D eigenvalue weighted by Gasteiger charge is -2.17. The first-order valence-corrected chi connectivity index (χ1v) is 5.99. The first-order chi connectivity index (χ1) is 7.26. The monoisotopic (exact) mass is 222 g/mol. The van der Waals surface area contributed by atoms with Crippen LogP contribution in [0.2, 0.25) is 0 Å². The molecule has 1 N–H and O–H groups in total. The summed E-state index contributed by atoms with van der Waals surface area (Å²) in [5.74, 6) is 0.0865. The van der Waals surface area contributed by atoms with Gasteiger partial charge in [-0.15, -0.1) is 11.3 Å². The molecular formula is C11H14N2OS. The van der Waals surface area contributed by atoms with Crippen LogP contribution in [-0.2, 0) is 0 Å². The maximum atomic E-state index is 12.0. The number of H-pyrrole nitrogens is 1. The van der Waals surface area contributed by atoms with E-state index >= 15 is 0 Å². The number of carbonyl (C=O) groups excluding carboxylic acids is 1. The average molecular weight is 222 g/mol. The minimum Gasteiger partial charge on any atom is -0.350 e. The van der Waals surface area contributed by atoms with Crippen molar-refractivity contribution in [1.82, 2.24) is 9.88 Å². The lowest BCUT2D eigenvalue weighted by atomic mass is 10.3. The topological polar surface area (TPSA) is 36.1 Å². The number of nitrogens with one attached hydrogen (secondary N) is 1. The molecule has 0 fully saturated rings. The molecule has 0 aliphatic carbocycles. The third-order valence-electron chi connectivity index (χ3n) is 2.52. The number of hydrogen-bond acceptors (Lipinski definition) is 2. The number of hydrogen-bond donors (Lipinski definition) is 1. The highest BCUT2D eigenvalue weighted by Gasteiger charge is 2.14. The van der Waals surface area contributed by atoms with Crippen LogP contribution in [0.5, 0.6) is 0 Å². The van der Waals surface area contributed by atoms with Crippen LogP contribution in [0.1, 0.15) is 24.3 Å². The zero-order valence-electron chi connectivity index (χ0n) is 8.91. The summed E-state index contributed by atoms with van der Waals surface area (Å²) in [4.78, 5) is 16.9. The van der Waals surface area contributed by atoms with Crippen molar-refractivity contribution in [2.75, 3.05) is 13.1 Å². The van der Waals surface area contributed by atoms with Crippen molar-refractivity contribution in [3.8, 4) is 0 Å². The molecular weight excluding hydrogens is 208 g/mol. The SMILES string of the molecule is CCN(CC)C(=O)c1cc2sccc2[nH]1. The molecule has 0 unspecified atom stereocenters. The Kier molecular flexibility index (Phi) is 2.77. The predicted octanol–water partition coefficient (Wildman–Crippen LogP) is 2.71. The van der Waals surface area contributed by atoms with Crippen LogP contribution in [0.15, 0.2) is 17.5 Å². The van der Waals surface area contributed by atoms with Crippen LogP contribution in [0.25, 0.3) is 10.2 Å². The zero-order chi connectivity index (χ0) is 10.8. The Bertz CT molecular complexity index is 439. The van der Waals surface area contributed by atoms with E-state index in [1.54, 1.807) is 11.3 Å². The van der Waals surface area contributed by atoms with E-state index < -0.39 is 0 Å². The van der Waals surface area contributed by atoms with Gasteiger partial charge in [-0.2, -0.15) is 0 Å². The highest BCUT2D eigenvalue weighted by Crippen LogP contribution is 2.21. The molecule has 0 atom stereocenters. The summed E-state index contributed by atoms with van der Waals surface area (Å²) in [6, 6.07) is 3.93. The second kappa shape index (κ2) is 4.06. The van der Waals surface area contributed by atoms with E-state index in [0.29, 0.717) is 5.69 Å². The fourth-order valence-corrected chi connectivity index (χ4v) is 2.43. The molecule has 4 heteroatoms. The van der Waals surface area contributed by atoms with Gasteiger partial charge < -0.3 is 9.88 Å². The van der Waals surface area contributed by atoms with Gasteiger partial charge in [0.1, 0.15) is 5.69 Å². The van der Waals surface area contributed by atoms with Crippen molar-refractivity contribution in [3.63, 3.8) is 0 Å². The highest BCUT2D eigenvalue weighted by molar-refractivity contribution is 7.17. The Morgan fingerprint density at radius 3 is 2.80 bits per heavy atom. The van der Waals surface area contributed by atoms with Gasteiger partial charge in [-0.25, -0.2) is 0 Å². The van der Waals surface area contributed by atoms with Crippen molar-refractivity contribution in [1.29, 1.82) is 0 Å². The average Bonchev–Trinajstić information content (AvgIpc) is 2.78. The quantitative estimate of drug-likeness (QED) is 0.851. The first-order valence-electron chi connectivity index (χ1n) is 5.11. The van der Waals surface area contributed by atoms with Crippen LogP contribution in [0.3, 0.4) is 0 Å². The normalized spacial score (nSPS) is 10.8. The Morgan fingerprint density at radius 1 is 1.47 bits per heavy atom. The van der Waals surface area contributed by atoms with Crippen LogP contribution in [0.4, 0.5) is 0 Å². The van der Waals surface area contributed by atoms with Crippen molar-refractivity contribution in [2.24, 2.45) is 0 Å². The molecule has 1 amide bonds. The van der Waals surface area contributed by atoms with Crippen LogP contribution < -0.4 is 0 Å². The molecule has 0 aliphatic heterocycles. The molecule has 2 rings (SSSR count). The predicted molar refractivity (Wildman–Crippen MR) is 63.4 cm³/mol. The number of amides is 1. The lowest BCUT2D eigenvalue weighted by molar-refractivity contribution is 0.0768. The molecule has 0 aromatic carbocycles. The van der Waals surface area contributed by atoms with Crippen LogP contribution in [-0.4, -0.2) is 28.9 Å². The zero-order valence-corrected chi connectivity index (χ0v) is 9.73. The van der Waals surface area contributed by atoms with E-state index in [4.69, 9.17) is 0 Å². The Balaban J connectivity index is 2.30. The van der Waals surface area contributed by atoms with E-state index in [-0.39, 0.29) is 5.91 Å².